The van der Waals surface area contributed by atoms with Crippen LogP contribution in [-0.4, -0.2) is 17.1 Å². The second-order valence-electron chi connectivity index (χ2n) is 5.19. The van der Waals surface area contributed by atoms with Crippen molar-refractivity contribution in [1.82, 2.24) is 0 Å². The van der Waals surface area contributed by atoms with Crippen LogP contribution in [0.4, 0.5) is 5.69 Å². The summed E-state index contributed by atoms with van der Waals surface area (Å²) < 4.78 is 0. The van der Waals surface area contributed by atoms with Gasteiger partial charge in [0.15, 0.2) is 0 Å². The van der Waals surface area contributed by atoms with Crippen LogP contribution in [0, 0.1) is 0 Å². The second kappa shape index (κ2) is 7.60. The number of hydrogen-bond donors (Lipinski definition) is 1. The molecule has 0 saturated heterocycles. The van der Waals surface area contributed by atoms with Gasteiger partial charge in [0.1, 0.15) is 0 Å². The van der Waals surface area contributed by atoms with E-state index in [1.807, 2.05) is 60.7 Å². The summed E-state index contributed by atoms with van der Waals surface area (Å²) in [6, 6.07) is 19.6. The highest BCUT2D eigenvalue weighted by molar-refractivity contribution is 5.93. The van der Waals surface area contributed by atoms with Crippen molar-refractivity contribution in [3.63, 3.8) is 0 Å². The lowest BCUT2D eigenvalue weighted by Gasteiger charge is -2.23. The molecule has 0 saturated carbocycles. The molecule has 0 radical (unpaired) electrons. The number of carbonyl (C=O) groups is 1. The van der Waals surface area contributed by atoms with E-state index in [4.69, 9.17) is 0 Å². The quantitative estimate of drug-likeness (QED) is 0.883. The molecule has 110 valence electrons. The van der Waals surface area contributed by atoms with Crippen molar-refractivity contribution in [3.8, 4) is 0 Å². The zero-order valence-electron chi connectivity index (χ0n) is 12.3. The fourth-order valence-corrected chi connectivity index (χ4v) is 2.16. The van der Waals surface area contributed by atoms with E-state index in [0.29, 0.717) is 19.4 Å². The molecule has 2 aromatic carbocycles. The molecular weight excluding hydrogens is 262 g/mol. The Balaban J connectivity index is 2.16. The fraction of sp³-hybridized carbons (Fsp3) is 0.278. The lowest BCUT2D eigenvalue weighted by molar-refractivity contribution is -0.119. The molecule has 0 aromatic heterocycles. The number of carbonyl (C=O) groups excluding carboxylic acids is 1. The summed E-state index contributed by atoms with van der Waals surface area (Å²) in [4.78, 5) is 14.2. The lowest BCUT2D eigenvalue weighted by atomic mass is 10.1. The van der Waals surface area contributed by atoms with Gasteiger partial charge in [0, 0.05) is 12.1 Å². The van der Waals surface area contributed by atoms with Gasteiger partial charge in [-0.1, -0.05) is 48.5 Å². The van der Waals surface area contributed by atoms with E-state index in [1.165, 1.54) is 0 Å². The average Bonchev–Trinajstić information content (AvgIpc) is 2.52. The number of aliphatic hydroxyl groups excluding tert-OH is 1. The first-order chi connectivity index (χ1) is 10.2. The van der Waals surface area contributed by atoms with Crippen molar-refractivity contribution in [3.05, 3.63) is 66.2 Å². The molecule has 0 heterocycles. The summed E-state index contributed by atoms with van der Waals surface area (Å²) in [5.74, 6) is 0.0333. The molecule has 0 aliphatic heterocycles. The summed E-state index contributed by atoms with van der Waals surface area (Å²) in [6.07, 6.45) is 0.374. The Hall–Kier alpha value is -2.13. The minimum Gasteiger partial charge on any atom is -0.393 e. The lowest BCUT2D eigenvalue weighted by Crippen LogP contribution is -2.30. The van der Waals surface area contributed by atoms with Gasteiger partial charge in [-0.2, -0.15) is 0 Å². The number of benzene rings is 2. The Morgan fingerprint density at radius 3 is 2.19 bits per heavy atom. The van der Waals surface area contributed by atoms with Crippen LogP contribution in [0.15, 0.2) is 60.7 Å². The molecule has 0 aliphatic carbocycles. The Kier molecular flexibility index (Phi) is 5.52. The van der Waals surface area contributed by atoms with E-state index < -0.39 is 6.10 Å². The predicted octanol–water partition coefficient (Wildman–Crippen LogP) is 3.38. The first-order valence-corrected chi connectivity index (χ1v) is 7.24. The molecule has 21 heavy (non-hydrogen) atoms. The minimum atomic E-state index is -0.455. The van der Waals surface area contributed by atoms with Crippen LogP contribution in [0.5, 0.6) is 0 Å². The Labute approximate surface area is 125 Å². The van der Waals surface area contributed by atoms with Crippen molar-refractivity contribution in [2.24, 2.45) is 0 Å². The molecule has 1 amide bonds. The Bertz CT molecular complexity index is 552. The van der Waals surface area contributed by atoms with Gasteiger partial charge in [0.25, 0.3) is 0 Å². The maximum Gasteiger partial charge on any atom is 0.227 e. The first kappa shape index (κ1) is 15.3. The summed E-state index contributed by atoms with van der Waals surface area (Å²) in [7, 11) is 0. The highest BCUT2D eigenvalue weighted by Gasteiger charge is 2.16. The molecule has 2 rings (SSSR count). The van der Waals surface area contributed by atoms with Gasteiger partial charge >= 0.3 is 0 Å². The van der Waals surface area contributed by atoms with Crippen LogP contribution in [-0.2, 0) is 11.3 Å². The van der Waals surface area contributed by atoms with Crippen LogP contribution in [0.2, 0.25) is 0 Å². The average molecular weight is 283 g/mol. The number of nitrogens with zero attached hydrogens (tertiary/aromatic N) is 1. The Morgan fingerprint density at radius 2 is 1.62 bits per heavy atom. The van der Waals surface area contributed by atoms with Crippen molar-refractivity contribution in [2.75, 3.05) is 4.90 Å². The van der Waals surface area contributed by atoms with Gasteiger partial charge in [-0.25, -0.2) is 0 Å². The van der Waals surface area contributed by atoms with Gasteiger partial charge in [-0.05, 0) is 31.0 Å². The molecule has 2 aromatic rings. The molecule has 1 N–H and O–H groups in total. The van der Waals surface area contributed by atoms with Crippen LogP contribution in [0.3, 0.4) is 0 Å². The van der Waals surface area contributed by atoms with E-state index in [-0.39, 0.29) is 5.91 Å². The zero-order chi connectivity index (χ0) is 15.1. The number of hydrogen-bond acceptors (Lipinski definition) is 2. The largest absolute Gasteiger partial charge is 0.393 e. The zero-order valence-corrected chi connectivity index (χ0v) is 12.3. The van der Waals surface area contributed by atoms with Crippen molar-refractivity contribution < 1.29 is 9.90 Å². The molecule has 1 unspecified atom stereocenters. The molecule has 1 atom stereocenters. The van der Waals surface area contributed by atoms with Gasteiger partial charge in [-0.3, -0.25) is 4.79 Å². The summed E-state index contributed by atoms with van der Waals surface area (Å²) in [5.41, 5.74) is 1.98. The third-order valence-corrected chi connectivity index (χ3v) is 3.33. The first-order valence-electron chi connectivity index (χ1n) is 7.24. The van der Waals surface area contributed by atoms with Gasteiger partial charge in [0.05, 0.1) is 12.6 Å². The number of rotatable bonds is 6. The summed E-state index contributed by atoms with van der Waals surface area (Å²) in [5, 5.41) is 9.37. The predicted molar refractivity (Wildman–Crippen MR) is 85.0 cm³/mol. The van der Waals surface area contributed by atoms with Gasteiger partial charge in [0.2, 0.25) is 5.91 Å². The standard InChI is InChI=1S/C18H21NO2/c1-15(20)12-13-18(21)19(17-10-6-3-7-11-17)14-16-8-4-2-5-9-16/h2-11,15,20H,12-14H2,1H3. The molecule has 3 heteroatoms. The van der Waals surface area contributed by atoms with Crippen molar-refractivity contribution >= 4 is 11.6 Å². The molecule has 0 spiro atoms. The number of amides is 1. The number of aliphatic hydroxyl groups is 1. The molecule has 0 aliphatic rings. The van der Waals surface area contributed by atoms with Gasteiger partial charge in [-0.15, -0.1) is 0 Å². The molecule has 3 nitrogen and oxygen atoms in total. The molecule has 0 bridgehead atoms. The minimum absolute atomic E-state index is 0.0333. The normalized spacial score (nSPS) is 11.9. The van der Waals surface area contributed by atoms with Crippen molar-refractivity contribution in [1.29, 1.82) is 0 Å². The maximum absolute atomic E-state index is 12.5. The monoisotopic (exact) mass is 283 g/mol. The van der Waals surface area contributed by atoms with Crippen LogP contribution >= 0.6 is 0 Å². The van der Waals surface area contributed by atoms with E-state index in [0.717, 1.165) is 11.3 Å². The maximum atomic E-state index is 12.5. The van der Waals surface area contributed by atoms with Crippen LogP contribution in [0.25, 0.3) is 0 Å². The topological polar surface area (TPSA) is 40.5 Å². The number of para-hydroxylation sites is 1. The second-order valence-corrected chi connectivity index (χ2v) is 5.19. The van der Waals surface area contributed by atoms with Crippen LogP contribution < -0.4 is 4.90 Å². The third-order valence-electron chi connectivity index (χ3n) is 3.33. The van der Waals surface area contributed by atoms with Crippen LogP contribution in [0.1, 0.15) is 25.3 Å². The molecular formula is C18H21NO2. The Morgan fingerprint density at radius 1 is 1.05 bits per heavy atom. The molecule has 0 fully saturated rings. The highest BCUT2D eigenvalue weighted by Crippen LogP contribution is 2.18. The SMILES string of the molecule is CC(O)CCC(=O)N(Cc1ccccc1)c1ccccc1. The number of anilines is 1. The third kappa shape index (κ3) is 4.72. The van der Waals surface area contributed by atoms with E-state index in [2.05, 4.69) is 0 Å². The van der Waals surface area contributed by atoms with E-state index in [1.54, 1.807) is 11.8 Å². The fourth-order valence-electron chi connectivity index (χ4n) is 2.16. The van der Waals surface area contributed by atoms with E-state index in [9.17, 15) is 9.90 Å². The smallest absolute Gasteiger partial charge is 0.227 e. The van der Waals surface area contributed by atoms with Gasteiger partial charge < -0.3 is 10.0 Å². The van der Waals surface area contributed by atoms with Crippen molar-refractivity contribution in [2.45, 2.75) is 32.4 Å². The summed E-state index contributed by atoms with van der Waals surface area (Å²) >= 11 is 0. The van der Waals surface area contributed by atoms with E-state index >= 15 is 0 Å². The summed E-state index contributed by atoms with van der Waals surface area (Å²) in [6.45, 7) is 2.25. The highest BCUT2D eigenvalue weighted by atomic mass is 16.3.